The summed E-state index contributed by atoms with van der Waals surface area (Å²) < 4.78 is 0. The Hall–Kier alpha value is -2.47. The number of urea groups is 1. The van der Waals surface area contributed by atoms with Crippen LogP contribution in [0.2, 0.25) is 0 Å². The minimum atomic E-state index is -0.777. The molecule has 0 aliphatic heterocycles. The number of anilines is 1. The van der Waals surface area contributed by atoms with E-state index < -0.39 is 11.9 Å². The summed E-state index contributed by atoms with van der Waals surface area (Å²) in [6.07, 6.45) is 14.0. The molecule has 40 heavy (non-hydrogen) atoms. The van der Waals surface area contributed by atoms with Crippen LogP contribution in [0.3, 0.4) is 0 Å². The number of aliphatic carboxylic acids is 1. The van der Waals surface area contributed by atoms with Gasteiger partial charge in [-0.25, -0.2) is 4.79 Å². The number of nitrogens with one attached hydrogen (secondary N) is 1. The van der Waals surface area contributed by atoms with Crippen LogP contribution in [0.5, 0.6) is 0 Å². The fourth-order valence-corrected chi connectivity index (χ4v) is 8.75. The van der Waals surface area contributed by atoms with Gasteiger partial charge >= 0.3 is 12.0 Å². The van der Waals surface area contributed by atoms with Crippen molar-refractivity contribution in [1.29, 1.82) is 0 Å². The lowest BCUT2D eigenvalue weighted by atomic mass is 9.53. The maximum absolute atomic E-state index is 13.9. The molecule has 4 bridgehead atoms. The van der Waals surface area contributed by atoms with Crippen LogP contribution < -0.4 is 10.2 Å². The number of carboxylic acid groups (broad SMARTS) is 1. The number of amides is 2. The third kappa shape index (κ3) is 6.87. The number of hydrogen-bond acceptors (Lipinski definition) is 3. The average Bonchev–Trinajstić information content (AvgIpc) is 2.91. The van der Waals surface area contributed by atoms with Gasteiger partial charge in [0.15, 0.2) is 0 Å². The Kier molecular flexibility index (Phi) is 9.45. The van der Waals surface area contributed by atoms with Gasteiger partial charge in [0.25, 0.3) is 0 Å². The third-order valence-corrected chi connectivity index (χ3v) is 10.5. The largest absolute Gasteiger partial charge is 0.481 e. The zero-order valence-corrected chi connectivity index (χ0v) is 25.1. The highest BCUT2D eigenvalue weighted by molar-refractivity contribution is 7.99. The quantitative estimate of drug-likeness (QED) is 0.239. The second-order valence-corrected chi connectivity index (χ2v) is 13.8. The molecule has 0 spiro atoms. The van der Waals surface area contributed by atoms with Crippen molar-refractivity contribution in [1.82, 2.24) is 5.32 Å². The number of rotatable bonds is 13. The first kappa shape index (κ1) is 29.0. The Labute approximate surface area is 244 Å². The van der Waals surface area contributed by atoms with Gasteiger partial charge in [-0.15, -0.1) is 0 Å². The lowest BCUT2D eigenvalue weighted by Gasteiger charge is -2.57. The van der Waals surface area contributed by atoms with Crippen LogP contribution in [-0.4, -0.2) is 29.2 Å². The van der Waals surface area contributed by atoms with Crippen molar-refractivity contribution < 1.29 is 14.7 Å². The van der Waals surface area contributed by atoms with Crippen molar-refractivity contribution in [2.45, 2.75) is 112 Å². The Morgan fingerprint density at radius 3 is 1.95 bits per heavy atom. The van der Waals surface area contributed by atoms with E-state index in [9.17, 15) is 14.7 Å². The standard InChI is InChI=1S/C34H46N2O3S/c1-3-5-6-7-8-17-36(33(39)35-34-21-24-18-25(22-34)20-26(19-24)23-34)28-11-15-30(16-12-28)40-29-13-9-27(10-14-29)31(4-2)32(37)38/h9-16,24-26,31H,3-8,17-23H2,1-2H3,(H,35,39)(H,37,38). The van der Waals surface area contributed by atoms with Gasteiger partial charge in [0.05, 0.1) is 5.92 Å². The van der Waals surface area contributed by atoms with Crippen LogP contribution in [0.25, 0.3) is 0 Å². The molecule has 4 aliphatic carbocycles. The Bertz CT molecular complexity index is 1110. The van der Waals surface area contributed by atoms with E-state index in [4.69, 9.17) is 0 Å². The molecule has 4 aliphatic rings. The van der Waals surface area contributed by atoms with Crippen molar-refractivity contribution in [3.8, 4) is 0 Å². The Balaban J connectivity index is 1.26. The highest BCUT2D eigenvalue weighted by Gasteiger charge is 2.51. The molecule has 0 saturated heterocycles. The van der Waals surface area contributed by atoms with Crippen LogP contribution in [0, 0.1) is 17.8 Å². The first-order chi connectivity index (χ1) is 19.4. The van der Waals surface area contributed by atoms with E-state index in [1.165, 1.54) is 38.5 Å². The maximum Gasteiger partial charge on any atom is 0.322 e. The molecule has 6 rings (SSSR count). The van der Waals surface area contributed by atoms with Crippen LogP contribution >= 0.6 is 11.8 Å². The minimum absolute atomic E-state index is 0.00563. The maximum atomic E-state index is 13.9. The normalized spacial score (nSPS) is 25.5. The van der Waals surface area contributed by atoms with Gasteiger partial charge in [-0.1, -0.05) is 63.4 Å². The summed E-state index contributed by atoms with van der Waals surface area (Å²) in [6.45, 7) is 4.88. The van der Waals surface area contributed by atoms with E-state index in [2.05, 4.69) is 36.5 Å². The lowest BCUT2D eigenvalue weighted by Crippen LogP contribution is -2.62. The van der Waals surface area contributed by atoms with Crippen LogP contribution in [0.1, 0.15) is 102 Å². The van der Waals surface area contributed by atoms with Crippen molar-refractivity contribution in [3.05, 3.63) is 54.1 Å². The molecule has 2 N–H and O–H groups in total. The van der Waals surface area contributed by atoms with E-state index in [1.54, 1.807) is 11.8 Å². The topological polar surface area (TPSA) is 69.6 Å². The van der Waals surface area contributed by atoms with Gasteiger partial charge in [-0.2, -0.15) is 0 Å². The van der Waals surface area contributed by atoms with Gasteiger partial charge in [0.2, 0.25) is 0 Å². The molecule has 1 unspecified atom stereocenters. The number of unbranched alkanes of at least 4 members (excludes halogenated alkanes) is 4. The van der Waals surface area contributed by atoms with Gasteiger partial charge < -0.3 is 10.4 Å². The van der Waals surface area contributed by atoms with Crippen molar-refractivity contribution >= 4 is 29.4 Å². The Morgan fingerprint density at radius 2 is 1.43 bits per heavy atom. The summed E-state index contributed by atoms with van der Waals surface area (Å²) in [7, 11) is 0. The molecule has 4 saturated carbocycles. The minimum Gasteiger partial charge on any atom is -0.481 e. The number of hydrogen-bond donors (Lipinski definition) is 2. The van der Waals surface area contributed by atoms with Crippen molar-refractivity contribution in [2.24, 2.45) is 17.8 Å². The molecule has 0 radical (unpaired) electrons. The molecule has 5 nitrogen and oxygen atoms in total. The number of carbonyl (C=O) groups excluding carboxylic acids is 1. The van der Waals surface area contributed by atoms with Gasteiger partial charge in [0.1, 0.15) is 0 Å². The zero-order chi connectivity index (χ0) is 28.1. The van der Waals surface area contributed by atoms with Gasteiger partial charge in [-0.3, -0.25) is 9.69 Å². The van der Waals surface area contributed by atoms with E-state index in [0.29, 0.717) is 6.42 Å². The predicted molar refractivity (Wildman–Crippen MR) is 163 cm³/mol. The van der Waals surface area contributed by atoms with E-state index >= 15 is 0 Å². The first-order valence-electron chi connectivity index (χ1n) is 15.6. The van der Waals surface area contributed by atoms with E-state index in [-0.39, 0.29) is 11.6 Å². The van der Waals surface area contributed by atoms with Crippen LogP contribution in [0.15, 0.2) is 58.3 Å². The fourth-order valence-electron chi connectivity index (χ4n) is 7.93. The predicted octanol–water partition coefficient (Wildman–Crippen LogP) is 8.87. The smallest absolute Gasteiger partial charge is 0.322 e. The summed E-state index contributed by atoms with van der Waals surface area (Å²) in [4.78, 5) is 29.5. The summed E-state index contributed by atoms with van der Waals surface area (Å²) >= 11 is 1.66. The molecule has 2 aromatic rings. The lowest BCUT2D eigenvalue weighted by molar-refractivity contribution is -0.138. The van der Waals surface area contributed by atoms with Crippen molar-refractivity contribution in [2.75, 3.05) is 11.4 Å². The number of carboxylic acids is 1. The Morgan fingerprint density at radius 1 is 0.875 bits per heavy atom. The second kappa shape index (κ2) is 13.0. The average molecular weight is 563 g/mol. The molecule has 0 heterocycles. The SMILES string of the molecule is CCCCCCCN(C(=O)NC12CC3CC(CC(C3)C1)C2)c1ccc(Sc2ccc(C(CC)C(=O)O)cc2)cc1. The monoisotopic (exact) mass is 562 g/mol. The molecule has 2 aromatic carbocycles. The second-order valence-electron chi connectivity index (χ2n) is 12.7. The molecular formula is C34H46N2O3S. The van der Waals surface area contributed by atoms with Crippen LogP contribution in [0.4, 0.5) is 10.5 Å². The van der Waals surface area contributed by atoms with Gasteiger partial charge in [0, 0.05) is 27.6 Å². The molecule has 216 valence electrons. The number of nitrogens with zero attached hydrogens (tertiary/aromatic N) is 1. The number of carbonyl (C=O) groups is 2. The molecular weight excluding hydrogens is 516 g/mol. The molecule has 2 amide bonds. The first-order valence-corrected chi connectivity index (χ1v) is 16.4. The molecule has 6 heteroatoms. The summed E-state index contributed by atoms with van der Waals surface area (Å²) in [5.41, 5.74) is 1.81. The van der Waals surface area contributed by atoms with Crippen molar-refractivity contribution in [3.63, 3.8) is 0 Å². The van der Waals surface area contributed by atoms with Gasteiger partial charge in [-0.05, 0) is 111 Å². The number of benzene rings is 2. The third-order valence-electron chi connectivity index (χ3n) is 9.51. The molecule has 1 atom stereocenters. The summed E-state index contributed by atoms with van der Waals surface area (Å²) in [5.74, 6) is 1.17. The summed E-state index contributed by atoms with van der Waals surface area (Å²) in [5, 5.41) is 13.0. The van der Waals surface area contributed by atoms with E-state index in [1.807, 2.05) is 36.1 Å². The highest BCUT2D eigenvalue weighted by Crippen LogP contribution is 2.55. The van der Waals surface area contributed by atoms with E-state index in [0.717, 1.165) is 77.4 Å². The zero-order valence-electron chi connectivity index (χ0n) is 24.2. The molecule has 4 fully saturated rings. The highest BCUT2D eigenvalue weighted by atomic mass is 32.2. The molecule has 0 aromatic heterocycles. The summed E-state index contributed by atoms with van der Waals surface area (Å²) in [6, 6.07) is 16.3. The van der Waals surface area contributed by atoms with Crippen LogP contribution in [-0.2, 0) is 4.79 Å². The fraction of sp³-hybridized carbons (Fsp3) is 0.588.